The normalized spacial score (nSPS) is 14.1. The van der Waals surface area contributed by atoms with Gasteiger partial charge in [-0.05, 0) is 43.8 Å². The lowest BCUT2D eigenvalue weighted by Gasteiger charge is -2.15. The topological polar surface area (TPSA) is 87.2 Å². The molecule has 0 bridgehead atoms. The molecule has 2 aromatic rings. The van der Waals surface area contributed by atoms with Crippen LogP contribution in [0.2, 0.25) is 0 Å². The van der Waals surface area contributed by atoms with Crippen molar-refractivity contribution in [3.8, 4) is 0 Å². The van der Waals surface area contributed by atoms with Crippen molar-refractivity contribution < 1.29 is 9.59 Å². The van der Waals surface area contributed by atoms with Crippen molar-refractivity contribution in [2.75, 3.05) is 43.5 Å². The Kier molecular flexibility index (Phi) is 7.50. The lowest BCUT2D eigenvalue weighted by atomic mass is 10.2. The van der Waals surface area contributed by atoms with Crippen molar-refractivity contribution in [1.29, 1.82) is 0 Å². The van der Waals surface area contributed by atoms with Crippen LogP contribution in [0.25, 0.3) is 10.2 Å². The highest BCUT2D eigenvalue weighted by Gasteiger charge is 2.20. The molecule has 0 radical (unpaired) electrons. The third kappa shape index (κ3) is 4.94. The van der Waals surface area contributed by atoms with Crippen molar-refractivity contribution in [2.45, 2.75) is 32.6 Å². The van der Waals surface area contributed by atoms with Crippen LogP contribution in [-0.2, 0) is 4.79 Å². The average molecular weight is 422 g/mol. The monoisotopic (exact) mass is 421 g/mol. The van der Waals surface area contributed by atoms with Crippen LogP contribution in [-0.4, -0.2) is 64.9 Å². The van der Waals surface area contributed by atoms with Crippen LogP contribution in [0.4, 0.5) is 5.82 Å². The van der Waals surface area contributed by atoms with Crippen LogP contribution in [0.3, 0.4) is 0 Å². The Hall–Kier alpha value is -1.87. The zero-order valence-electron chi connectivity index (χ0n) is 16.4. The van der Waals surface area contributed by atoms with Crippen LogP contribution in [0.1, 0.15) is 40.9 Å². The van der Waals surface area contributed by atoms with Gasteiger partial charge in [-0.1, -0.05) is 0 Å². The Balaban J connectivity index is 1.62. The first-order chi connectivity index (χ1) is 13.6. The average Bonchev–Trinajstić information content (AvgIpc) is 3.26. The second kappa shape index (κ2) is 10.1. The smallest absolute Gasteiger partial charge is 0.261 e. The quantitative estimate of drug-likeness (QED) is 0.574. The van der Waals surface area contributed by atoms with Gasteiger partial charge in [0.15, 0.2) is 0 Å². The third-order valence-electron chi connectivity index (χ3n) is 4.81. The van der Waals surface area contributed by atoms with Crippen LogP contribution in [0.15, 0.2) is 6.33 Å². The Morgan fingerprint density at radius 3 is 2.93 bits per heavy atom. The number of hydrogen-bond acceptors (Lipinski definition) is 7. The summed E-state index contributed by atoms with van der Waals surface area (Å²) < 4.78 is 0. The van der Waals surface area contributed by atoms with E-state index in [9.17, 15) is 9.59 Å². The maximum atomic E-state index is 12.5. The van der Waals surface area contributed by atoms with Crippen molar-refractivity contribution >= 4 is 50.9 Å². The summed E-state index contributed by atoms with van der Waals surface area (Å²) in [4.78, 5) is 36.4. The molecule has 9 heteroatoms. The van der Waals surface area contributed by atoms with Crippen LogP contribution in [0.5, 0.6) is 0 Å². The van der Waals surface area contributed by atoms with Crippen LogP contribution < -0.4 is 10.6 Å². The Morgan fingerprint density at radius 2 is 2.18 bits per heavy atom. The highest BCUT2D eigenvalue weighted by Crippen LogP contribution is 2.33. The SMILES string of the molecule is CSCCCNC(=O)c1sc2ncnc(NCCCN3CCCC3=O)c2c1C. The number of rotatable bonds is 10. The molecule has 0 aromatic carbocycles. The standard InChI is InChI=1S/C19H27N5O2S2/c1-13-15-17(20-7-4-10-24-9-3-6-14(24)25)22-12-23-19(15)28-16(13)18(26)21-8-5-11-27-2/h12H,3-11H2,1-2H3,(H,21,26)(H,20,22,23). The highest BCUT2D eigenvalue weighted by molar-refractivity contribution is 7.98. The molecular weight excluding hydrogens is 394 g/mol. The second-order valence-corrected chi connectivity index (χ2v) is 8.81. The van der Waals surface area contributed by atoms with Gasteiger partial charge in [0.2, 0.25) is 5.91 Å². The first-order valence-electron chi connectivity index (χ1n) is 9.64. The molecule has 152 valence electrons. The van der Waals surface area contributed by atoms with Crippen molar-refractivity contribution in [1.82, 2.24) is 20.2 Å². The molecule has 0 spiro atoms. The summed E-state index contributed by atoms with van der Waals surface area (Å²) in [6.07, 6.45) is 7.07. The lowest BCUT2D eigenvalue weighted by Crippen LogP contribution is -2.27. The van der Waals surface area contributed by atoms with Gasteiger partial charge in [0.05, 0.1) is 10.3 Å². The number of likely N-dealkylation sites (tertiary alicyclic amines) is 1. The fourth-order valence-corrected chi connectivity index (χ4v) is 4.84. The molecule has 2 N–H and O–H groups in total. The summed E-state index contributed by atoms with van der Waals surface area (Å²) in [5, 5.41) is 7.27. The number of nitrogens with zero attached hydrogens (tertiary/aromatic N) is 3. The molecule has 0 atom stereocenters. The second-order valence-electron chi connectivity index (χ2n) is 6.83. The predicted octanol–water partition coefficient (Wildman–Crippen LogP) is 2.91. The van der Waals surface area contributed by atoms with Gasteiger partial charge in [0, 0.05) is 32.6 Å². The fraction of sp³-hybridized carbons (Fsp3) is 0.579. The first kappa shape index (κ1) is 20.9. The molecule has 1 saturated heterocycles. The van der Waals surface area contributed by atoms with E-state index < -0.39 is 0 Å². The summed E-state index contributed by atoms with van der Waals surface area (Å²) in [7, 11) is 0. The Bertz CT molecular complexity index is 839. The number of hydrogen-bond donors (Lipinski definition) is 2. The number of thioether (sulfide) groups is 1. The number of nitrogens with one attached hydrogen (secondary N) is 2. The van der Waals surface area contributed by atoms with Gasteiger partial charge in [0.1, 0.15) is 17.0 Å². The van der Waals surface area contributed by atoms with E-state index in [-0.39, 0.29) is 11.8 Å². The number of carbonyl (C=O) groups is 2. The molecule has 3 rings (SSSR count). The van der Waals surface area contributed by atoms with Crippen LogP contribution in [0, 0.1) is 6.92 Å². The number of thiophene rings is 1. The van der Waals surface area contributed by atoms with Gasteiger partial charge in [-0.2, -0.15) is 11.8 Å². The molecule has 1 fully saturated rings. The summed E-state index contributed by atoms with van der Waals surface area (Å²) in [5.41, 5.74) is 0.917. The molecule has 3 heterocycles. The minimum absolute atomic E-state index is 0.0416. The maximum absolute atomic E-state index is 12.5. The van der Waals surface area contributed by atoms with E-state index in [2.05, 4.69) is 26.9 Å². The van der Waals surface area contributed by atoms with Crippen LogP contribution >= 0.6 is 23.1 Å². The van der Waals surface area contributed by atoms with E-state index in [4.69, 9.17) is 0 Å². The molecule has 7 nitrogen and oxygen atoms in total. The van der Waals surface area contributed by atoms with Crippen molar-refractivity contribution in [3.63, 3.8) is 0 Å². The predicted molar refractivity (Wildman–Crippen MR) is 116 cm³/mol. The summed E-state index contributed by atoms with van der Waals surface area (Å²) >= 11 is 3.19. The van der Waals surface area contributed by atoms with Gasteiger partial charge in [-0.15, -0.1) is 11.3 Å². The van der Waals surface area contributed by atoms with Gasteiger partial charge in [-0.3, -0.25) is 9.59 Å². The zero-order chi connectivity index (χ0) is 19.9. The van der Waals surface area contributed by atoms with E-state index in [0.717, 1.165) is 66.2 Å². The van der Waals surface area contributed by atoms with E-state index >= 15 is 0 Å². The fourth-order valence-electron chi connectivity index (χ4n) is 3.34. The number of carbonyl (C=O) groups excluding carboxylic acids is 2. The summed E-state index contributed by atoms with van der Waals surface area (Å²) in [6, 6.07) is 0. The van der Waals surface area contributed by atoms with E-state index in [1.54, 1.807) is 11.8 Å². The van der Waals surface area contributed by atoms with E-state index in [1.807, 2.05) is 11.8 Å². The molecule has 1 aliphatic heterocycles. The largest absolute Gasteiger partial charge is 0.369 e. The minimum Gasteiger partial charge on any atom is -0.369 e. The van der Waals surface area contributed by atoms with E-state index in [0.29, 0.717) is 17.8 Å². The van der Waals surface area contributed by atoms with Gasteiger partial charge < -0.3 is 15.5 Å². The zero-order valence-corrected chi connectivity index (χ0v) is 18.0. The molecular formula is C19H27N5O2S2. The third-order valence-corrected chi connectivity index (χ3v) is 6.71. The van der Waals surface area contributed by atoms with E-state index in [1.165, 1.54) is 17.7 Å². The number of fused-ring (bicyclic) bond motifs is 1. The van der Waals surface area contributed by atoms with Gasteiger partial charge >= 0.3 is 0 Å². The molecule has 1 aliphatic rings. The minimum atomic E-state index is -0.0416. The number of aromatic nitrogens is 2. The van der Waals surface area contributed by atoms with Gasteiger partial charge in [-0.25, -0.2) is 9.97 Å². The number of anilines is 1. The molecule has 2 amide bonds. The maximum Gasteiger partial charge on any atom is 0.261 e. The Labute approximate surface area is 173 Å². The lowest BCUT2D eigenvalue weighted by molar-refractivity contribution is -0.127. The number of amides is 2. The summed E-state index contributed by atoms with van der Waals surface area (Å²) in [6.45, 7) is 5.00. The summed E-state index contributed by atoms with van der Waals surface area (Å²) in [5.74, 6) is 2.01. The van der Waals surface area contributed by atoms with Crippen molar-refractivity contribution in [3.05, 3.63) is 16.8 Å². The van der Waals surface area contributed by atoms with Gasteiger partial charge in [0.25, 0.3) is 5.91 Å². The number of aryl methyl sites for hydroxylation is 1. The Morgan fingerprint density at radius 1 is 1.32 bits per heavy atom. The highest BCUT2D eigenvalue weighted by atomic mass is 32.2. The molecule has 28 heavy (non-hydrogen) atoms. The molecule has 0 saturated carbocycles. The van der Waals surface area contributed by atoms with Crippen molar-refractivity contribution in [2.24, 2.45) is 0 Å². The first-order valence-corrected chi connectivity index (χ1v) is 11.9. The molecule has 0 unspecified atom stereocenters. The molecule has 2 aromatic heterocycles. The molecule has 0 aliphatic carbocycles.